The molecule has 11 heteroatoms. The number of hydrogen-bond acceptors (Lipinski definition) is 9. The molecule has 4 aromatic rings. The number of thioether (sulfide) groups is 1. The molecule has 2 heterocycles. The lowest BCUT2D eigenvalue weighted by Gasteiger charge is -2.19. The van der Waals surface area contributed by atoms with Gasteiger partial charge in [-0.05, 0) is 59.0 Å². The number of carbonyl (C=O) groups excluding carboxylic acids is 2. The van der Waals surface area contributed by atoms with E-state index < -0.39 is 11.8 Å². The summed E-state index contributed by atoms with van der Waals surface area (Å²) in [6.07, 6.45) is 0. The highest BCUT2D eigenvalue weighted by Gasteiger charge is 2.18. The minimum absolute atomic E-state index is 0.0317. The third-order valence-corrected chi connectivity index (χ3v) is 6.83. The first-order valence-electron chi connectivity index (χ1n) is 12.5. The fourth-order valence-corrected chi connectivity index (χ4v) is 4.31. The quantitative estimate of drug-likeness (QED) is 0.229. The second-order valence-corrected chi connectivity index (χ2v) is 10.9. The first-order valence-corrected chi connectivity index (χ1v) is 13.5. The van der Waals surface area contributed by atoms with E-state index in [-0.39, 0.29) is 23.2 Å². The zero-order valence-electron chi connectivity index (χ0n) is 22.2. The van der Waals surface area contributed by atoms with E-state index in [1.165, 1.54) is 5.56 Å². The standard InChI is InChI=1S/C29H28N4O6S/c1-29(2,3)21-9-11-22(12-10-21)36-15-18-4-6-19(7-5-18)26(35)31-30-25(34)16-40-28-33-32-27(39-28)20-8-13-23-24(14-20)38-17-37-23/h4-14H,15-17H2,1-3H3,(H,30,34)(H,31,35). The predicted octanol–water partition coefficient (Wildman–Crippen LogP) is 4.90. The summed E-state index contributed by atoms with van der Waals surface area (Å²) in [5, 5.41) is 8.18. The van der Waals surface area contributed by atoms with Gasteiger partial charge in [-0.25, -0.2) is 0 Å². The second-order valence-electron chi connectivity index (χ2n) is 9.99. The summed E-state index contributed by atoms with van der Waals surface area (Å²) in [7, 11) is 0. The molecule has 0 radical (unpaired) electrons. The fourth-order valence-electron chi connectivity index (χ4n) is 3.75. The summed E-state index contributed by atoms with van der Waals surface area (Å²) < 4.78 is 22.1. The summed E-state index contributed by atoms with van der Waals surface area (Å²) in [5.74, 6) is 1.43. The summed E-state index contributed by atoms with van der Waals surface area (Å²) in [4.78, 5) is 24.7. The maximum atomic E-state index is 12.4. The van der Waals surface area contributed by atoms with Crippen LogP contribution in [0.1, 0.15) is 42.3 Å². The molecule has 0 saturated heterocycles. The van der Waals surface area contributed by atoms with Gasteiger partial charge in [-0.2, -0.15) is 0 Å². The molecular weight excluding hydrogens is 532 g/mol. The van der Waals surface area contributed by atoms with Gasteiger partial charge in [0.1, 0.15) is 12.4 Å². The van der Waals surface area contributed by atoms with Gasteiger partial charge < -0.3 is 18.6 Å². The number of nitrogens with zero attached hydrogens (tertiary/aromatic N) is 2. The predicted molar refractivity (Wildman–Crippen MR) is 148 cm³/mol. The Morgan fingerprint density at radius 3 is 2.42 bits per heavy atom. The van der Waals surface area contributed by atoms with Crippen molar-refractivity contribution < 1.29 is 28.2 Å². The Morgan fingerprint density at radius 2 is 1.68 bits per heavy atom. The van der Waals surface area contributed by atoms with Crippen molar-refractivity contribution in [2.75, 3.05) is 12.5 Å². The molecule has 1 aliphatic heterocycles. The van der Waals surface area contributed by atoms with E-state index in [1.807, 2.05) is 24.3 Å². The van der Waals surface area contributed by atoms with E-state index in [2.05, 4.69) is 54.0 Å². The molecule has 0 fully saturated rings. The smallest absolute Gasteiger partial charge is 0.277 e. The van der Waals surface area contributed by atoms with E-state index in [1.54, 1.807) is 30.3 Å². The number of fused-ring (bicyclic) bond motifs is 1. The Balaban J connectivity index is 1.05. The summed E-state index contributed by atoms with van der Waals surface area (Å²) >= 11 is 1.05. The van der Waals surface area contributed by atoms with Crippen molar-refractivity contribution in [3.63, 3.8) is 0 Å². The van der Waals surface area contributed by atoms with E-state index in [0.29, 0.717) is 35.1 Å². The van der Waals surface area contributed by atoms with Crippen molar-refractivity contribution in [3.8, 4) is 28.7 Å². The van der Waals surface area contributed by atoms with Crippen molar-refractivity contribution in [2.24, 2.45) is 0 Å². The van der Waals surface area contributed by atoms with Crippen LogP contribution >= 0.6 is 11.8 Å². The van der Waals surface area contributed by atoms with E-state index >= 15 is 0 Å². The molecule has 1 aliphatic rings. The van der Waals surface area contributed by atoms with Crippen LogP contribution in [-0.2, 0) is 16.8 Å². The zero-order chi connectivity index (χ0) is 28.1. The molecule has 0 unspecified atom stereocenters. The zero-order valence-corrected chi connectivity index (χ0v) is 23.0. The van der Waals surface area contributed by atoms with Crippen LogP contribution in [0.25, 0.3) is 11.5 Å². The molecule has 0 atom stereocenters. The van der Waals surface area contributed by atoms with Gasteiger partial charge in [-0.1, -0.05) is 56.8 Å². The van der Waals surface area contributed by atoms with Crippen LogP contribution in [0.2, 0.25) is 0 Å². The fraction of sp³-hybridized carbons (Fsp3) is 0.241. The minimum atomic E-state index is -0.438. The molecule has 5 rings (SSSR count). The number of aromatic nitrogens is 2. The van der Waals surface area contributed by atoms with Crippen molar-refractivity contribution in [1.29, 1.82) is 0 Å². The van der Waals surface area contributed by atoms with Crippen molar-refractivity contribution in [1.82, 2.24) is 21.0 Å². The van der Waals surface area contributed by atoms with Crippen LogP contribution in [0.3, 0.4) is 0 Å². The highest BCUT2D eigenvalue weighted by atomic mass is 32.2. The van der Waals surface area contributed by atoms with Crippen molar-refractivity contribution in [2.45, 2.75) is 38.0 Å². The third-order valence-electron chi connectivity index (χ3n) is 6.01. The lowest BCUT2D eigenvalue weighted by molar-refractivity contribution is -0.119. The molecular formula is C29H28N4O6S. The van der Waals surface area contributed by atoms with Gasteiger partial charge in [0.15, 0.2) is 11.5 Å². The third kappa shape index (κ3) is 6.73. The summed E-state index contributed by atoms with van der Waals surface area (Å²) in [6.45, 7) is 7.04. The van der Waals surface area contributed by atoms with E-state index in [0.717, 1.165) is 23.1 Å². The molecule has 0 saturated carbocycles. The van der Waals surface area contributed by atoms with Crippen LogP contribution in [0.5, 0.6) is 17.2 Å². The van der Waals surface area contributed by atoms with Crippen LogP contribution in [0, 0.1) is 0 Å². The molecule has 1 aromatic heterocycles. The highest BCUT2D eigenvalue weighted by molar-refractivity contribution is 7.99. The number of ether oxygens (including phenoxy) is 3. The van der Waals surface area contributed by atoms with Gasteiger partial charge in [0.25, 0.3) is 11.1 Å². The lowest BCUT2D eigenvalue weighted by Crippen LogP contribution is -2.42. The largest absolute Gasteiger partial charge is 0.489 e. The molecule has 0 spiro atoms. The molecule has 3 aromatic carbocycles. The van der Waals surface area contributed by atoms with Gasteiger partial charge in [0, 0.05) is 11.1 Å². The Labute approximate surface area is 235 Å². The number of nitrogens with one attached hydrogen (secondary N) is 2. The molecule has 40 heavy (non-hydrogen) atoms. The van der Waals surface area contributed by atoms with Gasteiger partial charge >= 0.3 is 0 Å². The Morgan fingerprint density at radius 1 is 0.925 bits per heavy atom. The Bertz CT molecular complexity index is 1500. The van der Waals surface area contributed by atoms with Crippen LogP contribution in [0.15, 0.2) is 76.4 Å². The first-order chi connectivity index (χ1) is 19.2. The number of rotatable bonds is 8. The second kappa shape index (κ2) is 11.7. The maximum Gasteiger partial charge on any atom is 0.277 e. The number of benzene rings is 3. The first kappa shape index (κ1) is 27.1. The average molecular weight is 561 g/mol. The monoisotopic (exact) mass is 560 g/mol. The van der Waals surface area contributed by atoms with Gasteiger partial charge in [-0.3, -0.25) is 20.4 Å². The Kier molecular flexibility index (Phi) is 7.92. The molecule has 0 aliphatic carbocycles. The lowest BCUT2D eigenvalue weighted by atomic mass is 9.87. The van der Waals surface area contributed by atoms with Gasteiger partial charge in [0.2, 0.25) is 18.6 Å². The molecule has 206 valence electrons. The number of hydrogen-bond donors (Lipinski definition) is 2. The number of amides is 2. The number of carbonyl (C=O) groups is 2. The van der Waals surface area contributed by atoms with Gasteiger partial charge in [-0.15, -0.1) is 10.2 Å². The minimum Gasteiger partial charge on any atom is -0.489 e. The highest BCUT2D eigenvalue weighted by Crippen LogP contribution is 2.36. The number of hydrazine groups is 1. The topological polar surface area (TPSA) is 125 Å². The van der Waals surface area contributed by atoms with Crippen molar-refractivity contribution in [3.05, 3.63) is 83.4 Å². The molecule has 2 N–H and O–H groups in total. The molecule has 2 amide bonds. The van der Waals surface area contributed by atoms with Gasteiger partial charge in [0.05, 0.1) is 5.75 Å². The Hall–Kier alpha value is -4.51. The van der Waals surface area contributed by atoms with Crippen molar-refractivity contribution >= 4 is 23.6 Å². The normalized spacial score (nSPS) is 12.2. The average Bonchev–Trinajstić information content (AvgIpc) is 3.63. The van der Waals surface area contributed by atoms with Crippen LogP contribution in [-0.4, -0.2) is 34.6 Å². The van der Waals surface area contributed by atoms with E-state index in [4.69, 9.17) is 18.6 Å². The summed E-state index contributed by atoms with van der Waals surface area (Å²) in [6, 6.07) is 20.3. The van der Waals surface area contributed by atoms with E-state index in [9.17, 15) is 9.59 Å². The van der Waals surface area contributed by atoms with Crippen LogP contribution < -0.4 is 25.1 Å². The maximum absolute atomic E-state index is 12.4. The SMILES string of the molecule is CC(C)(C)c1ccc(OCc2ccc(C(=O)NNC(=O)CSc3nnc(-c4ccc5c(c4)OCO5)o3)cc2)cc1. The summed E-state index contributed by atoms with van der Waals surface area (Å²) in [5.41, 5.74) is 8.11. The molecule has 10 nitrogen and oxygen atoms in total. The molecule has 0 bridgehead atoms. The van der Waals surface area contributed by atoms with Crippen LogP contribution in [0.4, 0.5) is 0 Å².